The Bertz CT molecular complexity index is 346. The van der Waals surface area contributed by atoms with Crippen molar-refractivity contribution in [1.82, 2.24) is 0 Å². The number of rotatable bonds is 7. The SMILES string of the molecule is COC(C)(C)CCC(CO)Cc1ccc(F)cc1. The van der Waals surface area contributed by atoms with Crippen molar-refractivity contribution in [3.63, 3.8) is 0 Å². The van der Waals surface area contributed by atoms with Gasteiger partial charge in [-0.05, 0) is 56.7 Å². The number of halogens is 1. The van der Waals surface area contributed by atoms with Gasteiger partial charge in [0.1, 0.15) is 5.82 Å². The number of aliphatic hydroxyl groups is 1. The molecule has 1 aromatic carbocycles. The quantitative estimate of drug-likeness (QED) is 0.809. The minimum absolute atomic E-state index is 0.150. The molecule has 0 fully saturated rings. The predicted octanol–water partition coefficient (Wildman–Crippen LogP) is 3.18. The average molecular weight is 254 g/mol. The minimum Gasteiger partial charge on any atom is -0.396 e. The minimum atomic E-state index is -0.222. The molecule has 1 unspecified atom stereocenters. The fourth-order valence-electron chi connectivity index (χ4n) is 1.87. The van der Waals surface area contributed by atoms with E-state index in [0.717, 1.165) is 24.8 Å². The Hall–Kier alpha value is -0.930. The van der Waals surface area contributed by atoms with Crippen LogP contribution < -0.4 is 0 Å². The molecule has 0 saturated carbocycles. The van der Waals surface area contributed by atoms with E-state index in [0.29, 0.717) is 0 Å². The molecule has 1 aromatic rings. The van der Waals surface area contributed by atoms with Gasteiger partial charge in [0, 0.05) is 13.7 Å². The van der Waals surface area contributed by atoms with E-state index in [-0.39, 0.29) is 23.9 Å². The second-order valence-corrected chi connectivity index (χ2v) is 5.38. The summed E-state index contributed by atoms with van der Waals surface area (Å²) < 4.78 is 18.2. The summed E-state index contributed by atoms with van der Waals surface area (Å²) in [6.07, 6.45) is 2.57. The second-order valence-electron chi connectivity index (χ2n) is 5.38. The Balaban J connectivity index is 2.49. The maximum absolute atomic E-state index is 12.8. The molecular formula is C15H23FO2. The van der Waals surface area contributed by atoms with Crippen LogP contribution in [0.5, 0.6) is 0 Å². The van der Waals surface area contributed by atoms with E-state index in [1.807, 2.05) is 13.8 Å². The normalized spacial score (nSPS) is 13.6. The highest BCUT2D eigenvalue weighted by Gasteiger charge is 2.19. The summed E-state index contributed by atoms with van der Waals surface area (Å²) in [5, 5.41) is 9.40. The highest BCUT2D eigenvalue weighted by Crippen LogP contribution is 2.21. The molecule has 0 aliphatic rings. The topological polar surface area (TPSA) is 29.5 Å². The van der Waals surface area contributed by atoms with Crippen molar-refractivity contribution in [3.8, 4) is 0 Å². The summed E-state index contributed by atoms with van der Waals surface area (Å²) in [6.45, 7) is 4.23. The van der Waals surface area contributed by atoms with Gasteiger partial charge in [-0.15, -0.1) is 0 Å². The molecule has 0 aromatic heterocycles. The Labute approximate surface area is 109 Å². The first-order valence-corrected chi connectivity index (χ1v) is 6.37. The lowest BCUT2D eigenvalue weighted by Crippen LogP contribution is -2.24. The van der Waals surface area contributed by atoms with Crippen molar-refractivity contribution in [2.75, 3.05) is 13.7 Å². The summed E-state index contributed by atoms with van der Waals surface area (Å²) >= 11 is 0. The summed E-state index contributed by atoms with van der Waals surface area (Å²) in [7, 11) is 1.70. The van der Waals surface area contributed by atoms with E-state index in [2.05, 4.69) is 0 Å². The molecule has 1 N–H and O–H groups in total. The molecule has 18 heavy (non-hydrogen) atoms. The van der Waals surface area contributed by atoms with Gasteiger partial charge in [-0.1, -0.05) is 12.1 Å². The lowest BCUT2D eigenvalue weighted by atomic mass is 9.91. The zero-order valence-corrected chi connectivity index (χ0v) is 11.4. The third-order valence-electron chi connectivity index (χ3n) is 3.40. The van der Waals surface area contributed by atoms with Gasteiger partial charge in [-0.2, -0.15) is 0 Å². The van der Waals surface area contributed by atoms with Gasteiger partial charge < -0.3 is 9.84 Å². The lowest BCUT2D eigenvalue weighted by molar-refractivity contribution is 0.00826. The summed E-state index contributed by atoms with van der Waals surface area (Å²) in [6, 6.07) is 6.48. The van der Waals surface area contributed by atoms with Crippen molar-refractivity contribution in [2.45, 2.75) is 38.7 Å². The Kier molecular flexibility index (Phi) is 5.76. The number of hydrogen-bond acceptors (Lipinski definition) is 2. The van der Waals surface area contributed by atoms with Crippen LogP contribution in [0.25, 0.3) is 0 Å². The van der Waals surface area contributed by atoms with Crippen molar-refractivity contribution in [3.05, 3.63) is 35.6 Å². The zero-order valence-electron chi connectivity index (χ0n) is 11.4. The van der Waals surface area contributed by atoms with Crippen molar-refractivity contribution >= 4 is 0 Å². The highest BCUT2D eigenvalue weighted by molar-refractivity contribution is 5.16. The smallest absolute Gasteiger partial charge is 0.123 e. The fraction of sp³-hybridized carbons (Fsp3) is 0.600. The molecule has 0 amide bonds. The molecule has 0 spiro atoms. The van der Waals surface area contributed by atoms with Gasteiger partial charge in [-0.3, -0.25) is 0 Å². The fourth-order valence-corrected chi connectivity index (χ4v) is 1.87. The monoisotopic (exact) mass is 254 g/mol. The molecule has 102 valence electrons. The van der Waals surface area contributed by atoms with Crippen molar-refractivity contribution in [1.29, 1.82) is 0 Å². The first-order valence-electron chi connectivity index (χ1n) is 6.37. The van der Waals surface area contributed by atoms with Crippen molar-refractivity contribution in [2.24, 2.45) is 5.92 Å². The molecule has 0 aliphatic heterocycles. The molecule has 3 heteroatoms. The number of benzene rings is 1. The third-order valence-corrected chi connectivity index (χ3v) is 3.40. The first-order chi connectivity index (χ1) is 8.46. The number of methoxy groups -OCH3 is 1. The molecule has 0 radical (unpaired) electrons. The van der Waals surface area contributed by atoms with Crippen LogP contribution in [-0.2, 0) is 11.2 Å². The highest BCUT2D eigenvalue weighted by atomic mass is 19.1. The number of hydrogen-bond donors (Lipinski definition) is 1. The maximum Gasteiger partial charge on any atom is 0.123 e. The predicted molar refractivity (Wildman–Crippen MR) is 71.0 cm³/mol. The molecule has 0 aliphatic carbocycles. The summed E-state index contributed by atoms with van der Waals surface area (Å²) in [5.41, 5.74) is 0.904. The van der Waals surface area contributed by atoms with E-state index in [4.69, 9.17) is 4.74 Å². The van der Waals surface area contributed by atoms with Crippen LogP contribution in [0.1, 0.15) is 32.3 Å². The van der Waals surface area contributed by atoms with Crippen LogP contribution in [-0.4, -0.2) is 24.4 Å². The van der Waals surface area contributed by atoms with Gasteiger partial charge in [-0.25, -0.2) is 4.39 Å². The second kappa shape index (κ2) is 6.86. The van der Waals surface area contributed by atoms with E-state index >= 15 is 0 Å². The van der Waals surface area contributed by atoms with Crippen molar-refractivity contribution < 1.29 is 14.2 Å². The molecule has 1 rings (SSSR count). The van der Waals surface area contributed by atoms with Crippen LogP contribution in [0, 0.1) is 11.7 Å². The van der Waals surface area contributed by atoms with Crippen LogP contribution in [0.2, 0.25) is 0 Å². The van der Waals surface area contributed by atoms with Gasteiger partial charge in [0.05, 0.1) is 5.60 Å². The molecule has 0 heterocycles. The van der Waals surface area contributed by atoms with Gasteiger partial charge in [0.25, 0.3) is 0 Å². The number of ether oxygens (including phenoxy) is 1. The van der Waals surface area contributed by atoms with Crippen LogP contribution in [0.15, 0.2) is 24.3 Å². The Morgan fingerprint density at radius 3 is 2.39 bits per heavy atom. The molecule has 1 atom stereocenters. The molecule has 0 bridgehead atoms. The average Bonchev–Trinajstić information content (AvgIpc) is 2.37. The molecule has 2 nitrogen and oxygen atoms in total. The third kappa shape index (κ3) is 5.15. The van der Waals surface area contributed by atoms with Crippen LogP contribution in [0.4, 0.5) is 4.39 Å². The van der Waals surface area contributed by atoms with E-state index < -0.39 is 0 Å². The van der Waals surface area contributed by atoms with E-state index in [1.54, 1.807) is 19.2 Å². The Morgan fingerprint density at radius 1 is 1.28 bits per heavy atom. The van der Waals surface area contributed by atoms with E-state index in [9.17, 15) is 9.50 Å². The maximum atomic E-state index is 12.8. The zero-order chi connectivity index (χ0) is 13.6. The summed E-state index contributed by atoms with van der Waals surface area (Å²) in [5.74, 6) is -0.0234. The largest absolute Gasteiger partial charge is 0.396 e. The molecule has 0 saturated heterocycles. The van der Waals surface area contributed by atoms with Gasteiger partial charge in [0.2, 0.25) is 0 Å². The lowest BCUT2D eigenvalue weighted by Gasteiger charge is -2.25. The standard InChI is InChI=1S/C15H23FO2/c1-15(2,18-3)9-8-13(11-17)10-12-4-6-14(16)7-5-12/h4-7,13,17H,8-11H2,1-3H3. The van der Waals surface area contributed by atoms with Crippen LogP contribution in [0.3, 0.4) is 0 Å². The Morgan fingerprint density at radius 2 is 1.89 bits per heavy atom. The van der Waals surface area contributed by atoms with Crippen LogP contribution >= 0.6 is 0 Å². The number of aliphatic hydroxyl groups excluding tert-OH is 1. The van der Waals surface area contributed by atoms with Gasteiger partial charge in [0.15, 0.2) is 0 Å². The molecular weight excluding hydrogens is 231 g/mol. The van der Waals surface area contributed by atoms with E-state index in [1.165, 1.54) is 12.1 Å². The first kappa shape index (κ1) is 15.1. The van der Waals surface area contributed by atoms with Gasteiger partial charge >= 0.3 is 0 Å². The summed E-state index contributed by atoms with van der Waals surface area (Å²) in [4.78, 5) is 0.